The van der Waals surface area contributed by atoms with Crippen molar-refractivity contribution in [2.75, 3.05) is 38.5 Å². The Kier molecular flexibility index (Phi) is 11.0. The Hall–Kier alpha value is -0.810. The highest BCUT2D eigenvalue weighted by atomic mass is 127. The molecular weight excluding hydrogens is 503 g/mol. The average Bonchev–Trinajstić information content (AvgIpc) is 3.16. The molecule has 0 amide bonds. The van der Waals surface area contributed by atoms with Crippen molar-refractivity contribution in [1.29, 1.82) is 0 Å². The first-order chi connectivity index (χ1) is 13.2. The van der Waals surface area contributed by atoms with Gasteiger partial charge in [-0.15, -0.1) is 24.0 Å². The molecule has 2 heterocycles. The van der Waals surface area contributed by atoms with Crippen LogP contribution >= 0.6 is 24.0 Å². The molecule has 0 bridgehead atoms. The van der Waals surface area contributed by atoms with Crippen LogP contribution in [0.1, 0.15) is 58.8 Å². The molecule has 1 atom stereocenters. The van der Waals surface area contributed by atoms with E-state index in [4.69, 9.17) is 9.41 Å². The van der Waals surface area contributed by atoms with Crippen LogP contribution in [0.15, 0.2) is 27.8 Å². The van der Waals surface area contributed by atoms with Crippen LogP contribution in [0.5, 0.6) is 0 Å². The van der Waals surface area contributed by atoms with Crippen molar-refractivity contribution in [2.45, 2.75) is 57.7 Å². The number of nitrogens with one attached hydrogen (secondary N) is 2. The molecule has 2 N–H and O–H groups in total. The quantitative estimate of drug-likeness (QED) is 0.299. The van der Waals surface area contributed by atoms with E-state index < -0.39 is 14.6 Å². The van der Waals surface area contributed by atoms with Gasteiger partial charge in [-0.1, -0.05) is 6.42 Å². The van der Waals surface area contributed by atoms with Crippen molar-refractivity contribution >= 4 is 39.8 Å². The van der Waals surface area contributed by atoms with Gasteiger partial charge in [0.25, 0.3) is 0 Å². The lowest BCUT2D eigenvalue weighted by atomic mass is 10.1. The van der Waals surface area contributed by atoms with Crippen molar-refractivity contribution in [3.8, 4) is 0 Å². The molecule has 0 saturated carbocycles. The first-order valence-electron chi connectivity index (χ1n) is 10.3. The molecule has 1 aliphatic heterocycles. The van der Waals surface area contributed by atoms with Crippen LogP contribution in [0.2, 0.25) is 0 Å². The van der Waals surface area contributed by atoms with Crippen LogP contribution in [-0.2, 0) is 9.84 Å². The summed E-state index contributed by atoms with van der Waals surface area (Å²) < 4.78 is 29.5. The van der Waals surface area contributed by atoms with E-state index in [2.05, 4.69) is 15.5 Å². The third-order valence-corrected chi connectivity index (χ3v) is 7.67. The van der Waals surface area contributed by atoms with Gasteiger partial charge in [0.1, 0.15) is 5.76 Å². The van der Waals surface area contributed by atoms with Crippen LogP contribution in [0.4, 0.5) is 0 Å². The number of sulfone groups is 1. The predicted octanol–water partition coefficient (Wildman–Crippen LogP) is 3.19. The number of likely N-dealkylation sites (tertiary alicyclic amines) is 1. The summed E-state index contributed by atoms with van der Waals surface area (Å²) in [6, 6.07) is 4.02. The number of rotatable bonds is 8. The monoisotopic (exact) mass is 540 g/mol. The van der Waals surface area contributed by atoms with E-state index >= 15 is 0 Å². The van der Waals surface area contributed by atoms with Gasteiger partial charge in [0.15, 0.2) is 15.8 Å². The normalized spacial score (nSPS) is 17.4. The predicted molar refractivity (Wildman–Crippen MR) is 130 cm³/mol. The highest BCUT2D eigenvalue weighted by Gasteiger charge is 2.28. The van der Waals surface area contributed by atoms with Crippen LogP contribution < -0.4 is 10.6 Å². The number of aliphatic imine (C=N–C) groups is 1. The van der Waals surface area contributed by atoms with E-state index in [1.807, 2.05) is 19.1 Å². The van der Waals surface area contributed by atoms with Gasteiger partial charge in [-0.05, 0) is 65.8 Å². The molecule has 1 fully saturated rings. The van der Waals surface area contributed by atoms with E-state index in [9.17, 15) is 8.42 Å². The highest BCUT2D eigenvalue weighted by molar-refractivity contribution is 14.0. The molecule has 1 aromatic rings. The molecule has 0 aromatic carbocycles. The van der Waals surface area contributed by atoms with Gasteiger partial charge in [-0.3, -0.25) is 9.89 Å². The zero-order chi connectivity index (χ0) is 20.6. The lowest BCUT2D eigenvalue weighted by molar-refractivity contribution is 0.150. The topological polar surface area (TPSA) is 86.9 Å². The molecule has 1 aromatic heterocycles. The Morgan fingerprint density at radius 1 is 1.24 bits per heavy atom. The minimum absolute atomic E-state index is 0. The summed E-state index contributed by atoms with van der Waals surface area (Å²) in [4.78, 5) is 7.15. The summed E-state index contributed by atoms with van der Waals surface area (Å²) in [6.45, 7) is 10.9. The van der Waals surface area contributed by atoms with E-state index in [0.29, 0.717) is 25.6 Å². The molecule has 0 radical (unpaired) electrons. The number of piperidine rings is 1. The second-order valence-corrected chi connectivity index (χ2v) is 11.1. The summed E-state index contributed by atoms with van der Waals surface area (Å²) in [5.41, 5.74) is 0. The summed E-state index contributed by atoms with van der Waals surface area (Å²) in [5, 5.41) is 6.37. The molecule has 1 aliphatic rings. The number of furan rings is 1. The van der Waals surface area contributed by atoms with Crippen LogP contribution in [0.3, 0.4) is 0 Å². The third-order valence-electron chi connectivity index (χ3n) is 5.07. The van der Waals surface area contributed by atoms with Crippen LogP contribution in [0, 0.1) is 0 Å². The number of guanidine groups is 1. The van der Waals surface area contributed by atoms with Gasteiger partial charge in [-0.2, -0.15) is 0 Å². The van der Waals surface area contributed by atoms with E-state index in [1.165, 1.54) is 19.3 Å². The van der Waals surface area contributed by atoms with Gasteiger partial charge in [0.05, 0.1) is 29.3 Å². The van der Waals surface area contributed by atoms with Crippen molar-refractivity contribution in [2.24, 2.45) is 4.99 Å². The Morgan fingerprint density at radius 2 is 1.93 bits per heavy atom. The molecule has 1 saturated heterocycles. The first kappa shape index (κ1) is 26.2. The lowest BCUT2D eigenvalue weighted by Crippen LogP contribution is -2.42. The summed E-state index contributed by atoms with van der Waals surface area (Å²) >= 11 is 0. The molecule has 168 valence electrons. The number of hydrogen-bond acceptors (Lipinski definition) is 5. The summed E-state index contributed by atoms with van der Waals surface area (Å²) in [7, 11) is -3.16. The second kappa shape index (κ2) is 12.1. The highest BCUT2D eigenvalue weighted by Crippen LogP contribution is 2.25. The zero-order valence-corrected chi connectivity index (χ0v) is 21.3. The van der Waals surface area contributed by atoms with Gasteiger partial charge >= 0.3 is 0 Å². The van der Waals surface area contributed by atoms with E-state index in [0.717, 1.165) is 18.8 Å². The molecule has 0 aliphatic carbocycles. The Morgan fingerprint density at radius 3 is 2.48 bits per heavy atom. The second-order valence-electron chi connectivity index (χ2n) is 8.21. The van der Waals surface area contributed by atoms with Crippen molar-refractivity contribution in [3.05, 3.63) is 24.2 Å². The van der Waals surface area contributed by atoms with Gasteiger partial charge in [-0.25, -0.2) is 8.42 Å². The zero-order valence-electron chi connectivity index (χ0n) is 18.1. The fourth-order valence-electron chi connectivity index (χ4n) is 3.23. The number of halogens is 1. The maximum Gasteiger partial charge on any atom is 0.191 e. The first-order valence-corrected chi connectivity index (χ1v) is 11.9. The minimum Gasteiger partial charge on any atom is -0.468 e. The van der Waals surface area contributed by atoms with Crippen molar-refractivity contribution < 1.29 is 12.8 Å². The molecular formula is C20H37IN4O3S. The summed E-state index contributed by atoms with van der Waals surface area (Å²) in [5.74, 6) is 1.64. The van der Waals surface area contributed by atoms with Crippen LogP contribution in [-0.4, -0.2) is 62.5 Å². The number of hydrogen-bond donors (Lipinski definition) is 2. The van der Waals surface area contributed by atoms with Gasteiger partial charge in [0, 0.05) is 13.1 Å². The maximum atomic E-state index is 12.3. The Bertz CT molecular complexity index is 709. The summed E-state index contributed by atoms with van der Waals surface area (Å²) in [6.07, 6.45) is 5.38. The van der Waals surface area contributed by atoms with Gasteiger partial charge in [0.2, 0.25) is 0 Å². The molecule has 1 unspecified atom stereocenters. The maximum absolute atomic E-state index is 12.3. The fraction of sp³-hybridized carbons (Fsp3) is 0.750. The molecule has 7 nitrogen and oxygen atoms in total. The van der Waals surface area contributed by atoms with E-state index in [-0.39, 0.29) is 35.8 Å². The molecule has 9 heteroatoms. The Labute approximate surface area is 193 Å². The molecule has 0 spiro atoms. The fourth-order valence-corrected chi connectivity index (χ4v) is 4.21. The average molecular weight is 541 g/mol. The minimum atomic E-state index is -3.16. The van der Waals surface area contributed by atoms with Gasteiger partial charge < -0.3 is 15.1 Å². The Balaban J connectivity index is 0.00000420. The lowest BCUT2D eigenvalue weighted by Gasteiger charge is -2.32. The third kappa shape index (κ3) is 8.09. The number of nitrogens with zero attached hydrogens (tertiary/aromatic N) is 2. The SMILES string of the molecule is CCNC(=NCC(c1ccco1)N1CCCCC1)NCCS(=O)(=O)C(C)(C)C.I. The van der Waals surface area contributed by atoms with Crippen LogP contribution in [0.25, 0.3) is 0 Å². The van der Waals surface area contributed by atoms with Crippen molar-refractivity contribution in [1.82, 2.24) is 15.5 Å². The standard InChI is InChI=1S/C20H36N4O3S.HI/c1-5-21-19(22-11-15-28(25,26)20(2,3)4)23-16-17(18-10-9-14-27-18)24-12-7-6-8-13-24;/h9-10,14,17H,5-8,11-13,15-16H2,1-4H3,(H2,21,22,23);1H. The smallest absolute Gasteiger partial charge is 0.191 e. The van der Waals surface area contributed by atoms with E-state index in [1.54, 1.807) is 27.0 Å². The molecule has 2 rings (SSSR count). The van der Waals surface area contributed by atoms with Crippen molar-refractivity contribution in [3.63, 3.8) is 0 Å². The molecule has 29 heavy (non-hydrogen) atoms. The largest absolute Gasteiger partial charge is 0.468 e.